The van der Waals surface area contributed by atoms with Gasteiger partial charge in [-0.05, 0) is 38.3 Å². The van der Waals surface area contributed by atoms with Crippen LogP contribution in [0.5, 0.6) is 0 Å². The van der Waals surface area contributed by atoms with Gasteiger partial charge in [-0.15, -0.1) is 16.4 Å². The van der Waals surface area contributed by atoms with Crippen molar-refractivity contribution in [1.82, 2.24) is 24.6 Å². The summed E-state index contributed by atoms with van der Waals surface area (Å²) in [6.07, 6.45) is 1.98. The van der Waals surface area contributed by atoms with Crippen molar-refractivity contribution in [2.75, 3.05) is 11.6 Å². The molecule has 154 valence electrons. The van der Waals surface area contributed by atoms with Gasteiger partial charge in [0.1, 0.15) is 0 Å². The van der Waals surface area contributed by atoms with Gasteiger partial charge in [-0.2, -0.15) is 4.98 Å². The fourth-order valence-electron chi connectivity index (χ4n) is 2.98. The van der Waals surface area contributed by atoms with Gasteiger partial charge >= 0.3 is 0 Å². The Morgan fingerprint density at radius 3 is 2.73 bits per heavy atom. The molecule has 0 bridgehead atoms. The number of hydrogen-bond acceptors (Lipinski definition) is 7. The van der Waals surface area contributed by atoms with Crippen LogP contribution in [0.3, 0.4) is 0 Å². The van der Waals surface area contributed by atoms with Crippen LogP contribution in [0, 0.1) is 25.5 Å². The molecule has 3 aromatic heterocycles. The highest BCUT2D eigenvalue weighted by molar-refractivity contribution is 7.98. The molecule has 11 heteroatoms. The van der Waals surface area contributed by atoms with E-state index >= 15 is 0 Å². The number of halogens is 2. The van der Waals surface area contributed by atoms with Gasteiger partial charge in [0.25, 0.3) is 5.78 Å². The van der Waals surface area contributed by atoms with Crippen molar-refractivity contribution in [2.24, 2.45) is 0 Å². The summed E-state index contributed by atoms with van der Waals surface area (Å²) < 4.78 is 28.2. The van der Waals surface area contributed by atoms with E-state index in [4.69, 9.17) is 0 Å². The highest BCUT2D eigenvalue weighted by atomic mass is 32.2. The first-order valence-corrected chi connectivity index (χ1v) is 10.9. The molecule has 0 aliphatic carbocycles. The van der Waals surface area contributed by atoms with Crippen LogP contribution in [0.2, 0.25) is 0 Å². The second-order valence-corrected chi connectivity index (χ2v) is 8.09. The Bertz CT molecular complexity index is 1270. The van der Waals surface area contributed by atoms with Gasteiger partial charge in [0.15, 0.2) is 16.8 Å². The van der Waals surface area contributed by atoms with E-state index in [9.17, 15) is 13.6 Å². The number of thiazole rings is 1. The summed E-state index contributed by atoms with van der Waals surface area (Å²) in [5, 5.41) is 9.78. The van der Waals surface area contributed by atoms with Gasteiger partial charge in [-0.1, -0.05) is 11.8 Å². The summed E-state index contributed by atoms with van der Waals surface area (Å²) in [5.41, 5.74) is 3.15. The van der Waals surface area contributed by atoms with Crippen molar-refractivity contribution in [3.63, 3.8) is 0 Å². The van der Waals surface area contributed by atoms with E-state index in [-0.39, 0.29) is 12.3 Å². The summed E-state index contributed by atoms with van der Waals surface area (Å²) in [7, 11) is 0. The van der Waals surface area contributed by atoms with Gasteiger partial charge in [0, 0.05) is 27.9 Å². The number of carbonyl (C=O) groups is 1. The molecule has 0 fully saturated rings. The van der Waals surface area contributed by atoms with E-state index in [1.807, 2.05) is 20.1 Å². The van der Waals surface area contributed by atoms with Crippen LogP contribution < -0.4 is 5.32 Å². The van der Waals surface area contributed by atoms with Crippen molar-refractivity contribution in [3.05, 3.63) is 52.2 Å². The minimum absolute atomic E-state index is 0.0924. The quantitative estimate of drug-likeness (QED) is 0.466. The van der Waals surface area contributed by atoms with Crippen molar-refractivity contribution in [2.45, 2.75) is 25.4 Å². The van der Waals surface area contributed by atoms with E-state index in [1.54, 1.807) is 9.90 Å². The largest absolute Gasteiger partial charge is 0.302 e. The Morgan fingerprint density at radius 2 is 2.00 bits per heavy atom. The standard InChI is InChI=1S/C19H16F2N6OS2/c1-9-12(10(2)27-17(22-9)25-19(26-27)29-3)7-16(28)24-18-23-15(8-30-18)11-4-5-13(20)14(21)6-11/h4-6,8H,7H2,1-3H3,(H,23,24,28). The van der Waals surface area contributed by atoms with Crippen molar-refractivity contribution in [3.8, 4) is 11.3 Å². The Labute approximate surface area is 178 Å². The molecule has 0 radical (unpaired) electrons. The molecular formula is C19H16F2N6OS2. The zero-order valence-corrected chi connectivity index (χ0v) is 17.9. The highest BCUT2D eigenvalue weighted by Crippen LogP contribution is 2.26. The maximum atomic E-state index is 13.4. The van der Waals surface area contributed by atoms with Crippen molar-refractivity contribution < 1.29 is 13.6 Å². The number of aromatic nitrogens is 5. The first kappa shape index (κ1) is 20.4. The van der Waals surface area contributed by atoms with Crippen LogP contribution in [0.25, 0.3) is 17.0 Å². The molecule has 0 saturated heterocycles. The number of nitrogens with one attached hydrogen (secondary N) is 1. The number of fused-ring (bicyclic) bond motifs is 1. The van der Waals surface area contributed by atoms with Crippen molar-refractivity contribution >= 4 is 39.9 Å². The van der Waals surface area contributed by atoms with E-state index in [2.05, 4.69) is 25.4 Å². The Morgan fingerprint density at radius 1 is 1.20 bits per heavy atom. The predicted octanol–water partition coefficient (Wildman–Crippen LogP) is 4.05. The minimum Gasteiger partial charge on any atom is -0.302 e. The molecule has 4 aromatic rings. The Kier molecular flexibility index (Phi) is 5.48. The number of rotatable bonds is 5. The van der Waals surface area contributed by atoms with Crippen LogP contribution in [-0.4, -0.2) is 36.7 Å². The fourth-order valence-corrected chi connectivity index (χ4v) is 4.05. The van der Waals surface area contributed by atoms with E-state index < -0.39 is 11.6 Å². The van der Waals surface area contributed by atoms with Gasteiger partial charge in [-0.3, -0.25) is 4.79 Å². The molecule has 3 heterocycles. The zero-order valence-electron chi connectivity index (χ0n) is 16.2. The monoisotopic (exact) mass is 446 g/mol. The van der Waals surface area contributed by atoms with Crippen LogP contribution in [0.15, 0.2) is 28.7 Å². The maximum absolute atomic E-state index is 13.4. The Hall–Kier alpha value is -2.92. The summed E-state index contributed by atoms with van der Waals surface area (Å²) >= 11 is 2.62. The van der Waals surface area contributed by atoms with Crippen LogP contribution >= 0.6 is 23.1 Å². The molecule has 0 spiro atoms. The van der Waals surface area contributed by atoms with E-state index in [0.717, 1.165) is 23.4 Å². The zero-order chi connectivity index (χ0) is 21.4. The average molecular weight is 447 g/mol. The summed E-state index contributed by atoms with van der Waals surface area (Å²) in [5.74, 6) is -1.64. The molecule has 0 atom stereocenters. The smallest absolute Gasteiger partial charge is 0.253 e. The summed E-state index contributed by atoms with van der Waals surface area (Å²) in [6, 6.07) is 3.56. The predicted molar refractivity (Wildman–Crippen MR) is 112 cm³/mol. The number of carbonyl (C=O) groups excluding carboxylic acids is 1. The number of hydrogen-bond donors (Lipinski definition) is 1. The normalized spacial score (nSPS) is 11.2. The number of nitrogens with zero attached hydrogens (tertiary/aromatic N) is 5. The van der Waals surface area contributed by atoms with Gasteiger partial charge in [0.2, 0.25) is 11.1 Å². The van der Waals surface area contributed by atoms with Crippen LogP contribution in [-0.2, 0) is 11.2 Å². The molecule has 0 saturated carbocycles. The molecule has 1 N–H and O–H groups in total. The minimum atomic E-state index is -0.947. The number of anilines is 1. The molecule has 1 aromatic carbocycles. The van der Waals surface area contributed by atoms with E-state index in [1.165, 1.54) is 29.2 Å². The van der Waals surface area contributed by atoms with Crippen LogP contribution in [0.4, 0.5) is 13.9 Å². The first-order chi connectivity index (χ1) is 14.4. The molecule has 30 heavy (non-hydrogen) atoms. The first-order valence-electron chi connectivity index (χ1n) is 8.83. The second kappa shape index (κ2) is 8.07. The lowest BCUT2D eigenvalue weighted by atomic mass is 10.1. The Balaban J connectivity index is 1.53. The molecule has 0 unspecified atom stereocenters. The molecule has 0 aliphatic rings. The number of benzene rings is 1. The topological polar surface area (TPSA) is 85.1 Å². The number of aryl methyl sites for hydroxylation is 2. The number of amides is 1. The molecular weight excluding hydrogens is 430 g/mol. The van der Waals surface area contributed by atoms with Gasteiger partial charge in [-0.25, -0.2) is 23.3 Å². The SMILES string of the molecule is CSc1nc2nc(C)c(CC(=O)Nc3nc(-c4ccc(F)c(F)c4)cs3)c(C)n2n1. The lowest BCUT2D eigenvalue weighted by Gasteiger charge is -2.09. The van der Waals surface area contributed by atoms with Gasteiger partial charge in [0.05, 0.1) is 12.1 Å². The van der Waals surface area contributed by atoms with E-state index in [0.29, 0.717) is 33.0 Å². The molecule has 4 rings (SSSR count). The van der Waals surface area contributed by atoms with Crippen LogP contribution in [0.1, 0.15) is 17.0 Å². The fraction of sp³-hybridized carbons (Fsp3) is 0.211. The molecule has 0 aliphatic heterocycles. The third kappa shape index (κ3) is 3.90. The molecule has 7 nitrogen and oxygen atoms in total. The third-order valence-electron chi connectivity index (χ3n) is 4.52. The lowest BCUT2D eigenvalue weighted by molar-refractivity contribution is -0.115. The highest BCUT2D eigenvalue weighted by Gasteiger charge is 2.17. The summed E-state index contributed by atoms with van der Waals surface area (Å²) in [4.78, 5) is 25.7. The second-order valence-electron chi connectivity index (χ2n) is 6.46. The lowest BCUT2D eigenvalue weighted by Crippen LogP contribution is -2.17. The number of thioether (sulfide) groups is 1. The van der Waals surface area contributed by atoms with Gasteiger partial charge < -0.3 is 5.32 Å². The maximum Gasteiger partial charge on any atom is 0.253 e. The third-order valence-corrected chi connectivity index (χ3v) is 5.81. The average Bonchev–Trinajstić information content (AvgIpc) is 3.34. The molecule has 1 amide bonds. The van der Waals surface area contributed by atoms with Crippen molar-refractivity contribution in [1.29, 1.82) is 0 Å². The summed E-state index contributed by atoms with van der Waals surface area (Å²) in [6.45, 7) is 3.70.